The first-order valence-electron chi connectivity index (χ1n) is 8.89. The lowest BCUT2D eigenvalue weighted by Crippen LogP contribution is -2.05. The number of halogens is 3. The molecule has 7 heteroatoms. The molecule has 2 heterocycles. The molecule has 0 atom stereocenters. The van der Waals surface area contributed by atoms with Crippen LogP contribution in [0.3, 0.4) is 0 Å². The predicted octanol–water partition coefficient (Wildman–Crippen LogP) is 5.07. The van der Waals surface area contributed by atoms with Gasteiger partial charge in [-0.3, -0.25) is 0 Å². The summed E-state index contributed by atoms with van der Waals surface area (Å²) in [6.07, 6.45) is 1.81. The van der Waals surface area contributed by atoms with E-state index in [0.29, 0.717) is 11.9 Å². The van der Waals surface area contributed by atoms with Crippen LogP contribution in [0.4, 0.5) is 13.2 Å². The van der Waals surface area contributed by atoms with Gasteiger partial charge >= 0.3 is 0 Å². The third-order valence-electron chi connectivity index (χ3n) is 4.40. The van der Waals surface area contributed by atoms with Crippen molar-refractivity contribution in [2.45, 2.75) is 13.2 Å². The van der Waals surface area contributed by atoms with Crippen LogP contribution in [0.25, 0.3) is 17.1 Å². The van der Waals surface area contributed by atoms with Gasteiger partial charge in [0.2, 0.25) is 0 Å². The van der Waals surface area contributed by atoms with Crippen LogP contribution in [0.5, 0.6) is 0 Å². The molecule has 2 aromatic carbocycles. The van der Waals surface area contributed by atoms with E-state index in [1.807, 2.05) is 60.8 Å². The molecule has 0 bridgehead atoms. The lowest BCUT2D eigenvalue weighted by molar-refractivity contribution is 0.101. The molecule has 0 saturated carbocycles. The van der Waals surface area contributed by atoms with Gasteiger partial charge in [0, 0.05) is 29.1 Å². The fourth-order valence-electron chi connectivity index (χ4n) is 2.91. The summed E-state index contributed by atoms with van der Waals surface area (Å²) in [5.41, 5.74) is 2.44. The molecule has 4 rings (SSSR count). The number of benzene rings is 2. The molecule has 0 unspecified atom stereocenters. The first-order valence-corrected chi connectivity index (χ1v) is 8.89. The Bertz CT molecular complexity index is 1110. The van der Waals surface area contributed by atoms with E-state index in [1.54, 1.807) is 4.57 Å². The molecule has 0 N–H and O–H groups in total. The number of rotatable bonds is 6. The van der Waals surface area contributed by atoms with Crippen molar-refractivity contribution in [2.24, 2.45) is 0 Å². The summed E-state index contributed by atoms with van der Waals surface area (Å²) in [6.45, 7) is -0.0552. The van der Waals surface area contributed by atoms with E-state index in [0.717, 1.165) is 23.0 Å². The molecule has 0 aliphatic carbocycles. The molecule has 0 radical (unpaired) electrons. The van der Waals surface area contributed by atoms with Crippen molar-refractivity contribution in [1.29, 1.82) is 0 Å². The fourth-order valence-corrected chi connectivity index (χ4v) is 2.91. The summed E-state index contributed by atoms with van der Waals surface area (Å²) in [5.74, 6) is -2.58. The van der Waals surface area contributed by atoms with Crippen LogP contribution < -0.4 is 0 Å². The van der Waals surface area contributed by atoms with E-state index in [-0.39, 0.29) is 18.8 Å². The van der Waals surface area contributed by atoms with Crippen LogP contribution in [-0.4, -0.2) is 14.8 Å². The van der Waals surface area contributed by atoms with Crippen molar-refractivity contribution in [3.05, 3.63) is 102 Å². The van der Waals surface area contributed by atoms with Crippen LogP contribution in [0.15, 0.2) is 72.9 Å². The zero-order valence-corrected chi connectivity index (χ0v) is 15.2. The van der Waals surface area contributed by atoms with E-state index < -0.39 is 17.5 Å². The molecule has 4 aromatic rings. The van der Waals surface area contributed by atoms with E-state index in [4.69, 9.17) is 4.74 Å². The lowest BCUT2D eigenvalue weighted by atomic mass is 10.1. The van der Waals surface area contributed by atoms with Gasteiger partial charge in [0.15, 0.2) is 17.5 Å². The van der Waals surface area contributed by atoms with Crippen molar-refractivity contribution in [3.8, 4) is 17.1 Å². The molecule has 29 heavy (non-hydrogen) atoms. The Morgan fingerprint density at radius 1 is 0.759 bits per heavy atom. The summed E-state index contributed by atoms with van der Waals surface area (Å²) in [4.78, 5) is 0. The van der Waals surface area contributed by atoms with Crippen LogP contribution in [0.2, 0.25) is 0 Å². The largest absolute Gasteiger partial charge is 0.370 e. The molecule has 146 valence electrons. The quantitative estimate of drug-likeness (QED) is 0.428. The fraction of sp³-hybridized carbons (Fsp3) is 0.0909. The summed E-state index contributed by atoms with van der Waals surface area (Å²) in [7, 11) is 0. The molecule has 0 saturated heterocycles. The average Bonchev–Trinajstić information content (AvgIpc) is 3.21. The summed E-state index contributed by atoms with van der Waals surface area (Å²) in [6, 6.07) is 18.4. The minimum Gasteiger partial charge on any atom is -0.370 e. The molecule has 0 aliphatic heterocycles. The predicted molar refractivity (Wildman–Crippen MR) is 102 cm³/mol. The molecule has 0 aliphatic rings. The Labute approximate surface area is 165 Å². The zero-order valence-electron chi connectivity index (χ0n) is 15.2. The minimum atomic E-state index is -1.22. The molecule has 4 nitrogen and oxygen atoms in total. The Kier molecular flexibility index (Phi) is 5.39. The van der Waals surface area contributed by atoms with Crippen LogP contribution >= 0.6 is 0 Å². The number of aromatic nitrogens is 3. The SMILES string of the molecule is Fc1cc(F)c(COCc2cccn2-c2ccc(-c3ccccc3)nn2)cc1F. The molecule has 2 aromatic heterocycles. The van der Waals surface area contributed by atoms with Crippen molar-refractivity contribution >= 4 is 0 Å². The molecule has 0 spiro atoms. The summed E-state index contributed by atoms with van der Waals surface area (Å²) >= 11 is 0. The average molecular weight is 395 g/mol. The second kappa shape index (κ2) is 8.28. The minimum absolute atomic E-state index is 0.0472. The van der Waals surface area contributed by atoms with E-state index >= 15 is 0 Å². The van der Waals surface area contributed by atoms with Crippen molar-refractivity contribution < 1.29 is 17.9 Å². The third kappa shape index (κ3) is 4.20. The lowest BCUT2D eigenvalue weighted by Gasteiger charge is -2.10. The Hall–Kier alpha value is -3.45. The van der Waals surface area contributed by atoms with Gasteiger partial charge in [-0.15, -0.1) is 10.2 Å². The molecular formula is C22H16F3N3O. The number of ether oxygens (including phenoxy) is 1. The topological polar surface area (TPSA) is 39.9 Å². The second-order valence-corrected chi connectivity index (χ2v) is 6.36. The highest BCUT2D eigenvalue weighted by Crippen LogP contribution is 2.19. The van der Waals surface area contributed by atoms with Crippen LogP contribution in [0, 0.1) is 17.5 Å². The van der Waals surface area contributed by atoms with Gasteiger partial charge in [-0.1, -0.05) is 30.3 Å². The van der Waals surface area contributed by atoms with Gasteiger partial charge in [-0.25, -0.2) is 13.2 Å². The van der Waals surface area contributed by atoms with Crippen molar-refractivity contribution in [3.63, 3.8) is 0 Å². The Morgan fingerprint density at radius 2 is 1.55 bits per heavy atom. The highest BCUT2D eigenvalue weighted by Gasteiger charge is 2.11. The van der Waals surface area contributed by atoms with Gasteiger partial charge in [0.1, 0.15) is 5.82 Å². The Balaban J connectivity index is 1.46. The number of nitrogens with zero attached hydrogens (tertiary/aromatic N) is 3. The highest BCUT2D eigenvalue weighted by molar-refractivity contribution is 5.58. The smallest absolute Gasteiger partial charge is 0.161 e. The second-order valence-electron chi connectivity index (χ2n) is 6.36. The third-order valence-corrected chi connectivity index (χ3v) is 4.40. The van der Waals surface area contributed by atoms with Gasteiger partial charge in [0.25, 0.3) is 0 Å². The van der Waals surface area contributed by atoms with Crippen LogP contribution in [0.1, 0.15) is 11.3 Å². The maximum absolute atomic E-state index is 13.7. The van der Waals surface area contributed by atoms with Gasteiger partial charge in [-0.05, 0) is 30.3 Å². The summed E-state index contributed by atoms with van der Waals surface area (Å²) < 4.78 is 47.3. The first-order chi connectivity index (χ1) is 14.1. The summed E-state index contributed by atoms with van der Waals surface area (Å²) in [5, 5.41) is 8.53. The Morgan fingerprint density at radius 3 is 2.31 bits per heavy atom. The van der Waals surface area contributed by atoms with Gasteiger partial charge in [-0.2, -0.15) is 0 Å². The number of hydrogen-bond acceptors (Lipinski definition) is 3. The van der Waals surface area contributed by atoms with E-state index in [2.05, 4.69) is 10.2 Å². The molecule has 0 amide bonds. The van der Waals surface area contributed by atoms with E-state index in [9.17, 15) is 13.2 Å². The first kappa shape index (κ1) is 18.9. The monoisotopic (exact) mass is 395 g/mol. The van der Waals surface area contributed by atoms with Gasteiger partial charge in [0.05, 0.1) is 18.9 Å². The standard InChI is InChI=1S/C22H16F3N3O/c23-18-12-20(25)19(24)11-16(18)13-29-14-17-7-4-10-28(17)22-9-8-21(26-27-22)15-5-2-1-3-6-15/h1-12H,13-14H2. The maximum atomic E-state index is 13.7. The normalized spacial score (nSPS) is 11.0. The number of hydrogen-bond donors (Lipinski definition) is 0. The van der Waals surface area contributed by atoms with Gasteiger partial charge < -0.3 is 9.30 Å². The highest BCUT2D eigenvalue weighted by atomic mass is 19.2. The van der Waals surface area contributed by atoms with Crippen molar-refractivity contribution in [1.82, 2.24) is 14.8 Å². The molecule has 0 fully saturated rings. The van der Waals surface area contributed by atoms with Crippen LogP contribution in [-0.2, 0) is 18.0 Å². The maximum Gasteiger partial charge on any atom is 0.161 e. The zero-order chi connectivity index (χ0) is 20.2. The van der Waals surface area contributed by atoms with E-state index in [1.165, 1.54) is 0 Å². The molecular weight excluding hydrogens is 379 g/mol. The van der Waals surface area contributed by atoms with Crippen molar-refractivity contribution in [2.75, 3.05) is 0 Å².